The quantitative estimate of drug-likeness (QED) is 0.710. The van der Waals surface area contributed by atoms with Crippen LogP contribution in [0.15, 0.2) is 47.0 Å². The topological polar surface area (TPSA) is 75.8 Å². The highest BCUT2D eigenvalue weighted by Crippen LogP contribution is 2.30. The molecule has 1 aromatic carbocycles. The number of piperidine rings is 1. The van der Waals surface area contributed by atoms with Crippen molar-refractivity contribution in [2.45, 2.75) is 71.3 Å². The maximum Gasteiger partial charge on any atom is 0.226 e. The Morgan fingerprint density at radius 2 is 1.90 bits per heavy atom. The van der Waals surface area contributed by atoms with Crippen LogP contribution < -0.4 is 5.73 Å². The van der Waals surface area contributed by atoms with Gasteiger partial charge in [0.05, 0.1) is 6.42 Å². The summed E-state index contributed by atoms with van der Waals surface area (Å²) in [4.78, 5) is 32.0. The molecule has 31 heavy (non-hydrogen) atoms. The van der Waals surface area contributed by atoms with E-state index < -0.39 is 5.54 Å². The first-order valence-corrected chi connectivity index (χ1v) is 11.6. The van der Waals surface area contributed by atoms with E-state index in [0.717, 1.165) is 56.3 Å². The van der Waals surface area contributed by atoms with Crippen LogP contribution in [-0.4, -0.2) is 41.1 Å². The third kappa shape index (κ3) is 6.52. The Morgan fingerprint density at radius 1 is 1.23 bits per heavy atom. The number of allylic oxidation sites excluding steroid dienone is 1. The van der Waals surface area contributed by atoms with Gasteiger partial charge >= 0.3 is 0 Å². The molecule has 0 saturated carbocycles. The summed E-state index contributed by atoms with van der Waals surface area (Å²) in [5.74, 6) is 1.84. The van der Waals surface area contributed by atoms with Crippen LogP contribution in [0.2, 0.25) is 0 Å². The molecular weight excluding hydrogens is 386 g/mol. The van der Waals surface area contributed by atoms with E-state index in [1.54, 1.807) is 0 Å². The van der Waals surface area contributed by atoms with E-state index in [9.17, 15) is 9.59 Å². The van der Waals surface area contributed by atoms with E-state index in [1.807, 2.05) is 48.2 Å². The van der Waals surface area contributed by atoms with Crippen LogP contribution in [0.25, 0.3) is 0 Å². The molecule has 1 atom stereocenters. The molecule has 2 N–H and O–H groups in total. The van der Waals surface area contributed by atoms with Gasteiger partial charge in [-0.3, -0.25) is 14.6 Å². The van der Waals surface area contributed by atoms with E-state index in [4.69, 9.17) is 5.73 Å². The number of benzene rings is 1. The van der Waals surface area contributed by atoms with Gasteiger partial charge in [-0.05, 0) is 62.5 Å². The van der Waals surface area contributed by atoms with Gasteiger partial charge in [-0.15, -0.1) is 0 Å². The molecule has 1 fully saturated rings. The fourth-order valence-corrected chi connectivity index (χ4v) is 4.89. The van der Waals surface area contributed by atoms with Gasteiger partial charge in [0.2, 0.25) is 5.91 Å². The largest absolute Gasteiger partial charge is 0.384 e. The summed E-state index contributed by atoms with van der Waals surface area (Å²) in [6, 6.07) is 9.94. The molecule has 0 aliphatic carbocycles. The predicted molar refractivity (Wildman–Crippen MR) is 126 cm³/mol. The SMILES string of the molecule is CC(C)CC1(C)N=C(N)C=C(CCC2CCN(C(=O)Cc3ccccc3)CC2)CC1=O. The van der Waals surface area contributed by atoms with Crippen LogP contribution in [0.4, 0.5) is 0 Å². The smallest absolute Gasteiger partial charge is 0.226 e. The van der Waals surface area contributed by atoms with E-state index in [0.29, 0.717) is 30.5 Å². The number of carbonyl (C=O) groups is 2. The summed E-state index contributed by atoms with van der Waals surface area (Å²) in [6.45, 7) is 7.79. The van der Waals surface area contributed by atoms with Gasteiger partial charge in [0.25, 0.3) is 0 Å². The van der Waals surface area contributed by atoms with E-state index >= 15 is 0 Å². The van der Waals surface area contributed by atoms with Crippen molar-refractivity contribution in [3.8, 4) is 0 Å². The number of likely N-dealkylation sites (tertiary alicyclic amines) is 1. The van der Waals surface area contributed by atoms with Gasteiger partial charge in [-0.25, -0.2) is 0 Å². The Morgan fingerprint density at radius 3 is 2.55 bits per heavy atom. The fourth-order valence-electron chi connectivity index (χ4n) is 4.89. The van der Waals surface area contributed by atoms with E-state index in [1.165, 1.54) is 0 Å². The Kier molecular flexibility index (Phi) is 7.69. The summed E-state index contributed by atoms with van der Waals surface area (Å²) in [6.07, 6.45) is 7.53. The Hall–Kier alpha value is -2.43. The number of hydrogen-bond acceptors (Lipinski definition) is 4. The third-order valence-corrected chi connectivity index (χ3v) is 6.56. The molecule has 1 saturated heterocycles. The molecule has 1 aromatic rings. The Bertz CT molecular complexity index is 835. The van der Waals surface area contributed by atoms with Crippen LogP contribution in [-0.2, 0) is 16.0 Å². The number of ketones is 1. The number of Topliss-reactive ketones (excluding diaryl/α,β-unsaturated/α-hetero) is 1. The van der Waals surface area contributed by atoms with Gasteiger partial charge in [-0.1, -0.05) is 49.8 Å². The first kappa shape index (κ1) is 23.2. The molecule has 2 heterocycles. The highest BCUT2D eigenvalue weighted by atomic mass is 16.2. The molecule has 0 radical (unpaired) electrons. The average molecular weight is 424 g/mol. The maximum absolute atomic E-state index is 12.9. The highest BCUT2D eigenvalue weighted by Gasteiger charge is 2.35. The number of hydrogen-bond donors (Lipinski definition) is 1. The number of amides is 1. The summed E-state index contributed by atoms with van der Waals surface area (Å²) < 4.78 is 0. The third-order valence-electron chi connectivity index (χ3n) is 6.56. The monoisotopic (exact) mass is 423 g/mol. The number of rotatable bonds is 7. The second-order valence-electron chi connectivity index (χ2n) is 9.84. The van der Waals surface area contributed by atoms with Gasteiger partial charge in [0, 0.05) is 19.5 Å². The zero-order valence-corrected chi connectivity index (χ0v) is 19.3. The molecule has 5 nitrogen and oxygen atoms in total. The lowest BCUT2D eigenvalue weighted by atomic mass is 9.83. The predicted octanol–water partition coefficient (Wildman–Crippen LogP) is 4.31. The second kappa shape index (κ2) is 10.3. The first-order valence-electron chi connectivity index (χ1n) is 11.6. The molecular formula is C26H37N3O2. The number of nitrogens with zero attached hydrogens (tertiary/aromatic N) is 2. The van der Waals surface area contributed by atoms with Crippen molar-refractivity contribution in [2.75, 3.05) is 13.1 Å². The molecule has 1 amide bonds. The van der Waals surface area contributed by atoms with Crippen molar-refractivity contribution >= 4 is 17.5 Å². The molecule has 0 aromatic heterocycles. The van der Waals surface area contributed by atoms with Gasteiger partial charge in [0.15, 0.2) is 5.78 Å². The minimum Gasteiger partial charge on any atom is -0.384 e. The number of amidine groups is 1. The second-order valence-corrected chi connectivity index (χ2v) is 9.84. The average Bonchev–Trinajstić information content (AvgIpc) is 2.82. The summed E-state index contributed by atoms with van der Waals surface area (Å²) in [5.41, 5.74) is 7.60. The van der Waals surface area contributed by atoms with E-state index in [-0.39, 0.29) is 11.7 Å². The zero-order chi connectivity index (χ0) is 22.4. The van der Waals surface area contributed by atoms with E-state index in [2.05, 4.69) is 18.8 Å². The molecule has 2 aliphatic heterocycles. The van der Waals surface area contributed by atoms with Crippen molar-refractivity contribution in [1.82, 2.24) is 4.90 Å². The molecule has 3 rings (SSSR count). The maximum atomic E-state index is 12.9. The summed E-state index contributed by atoms with van der Waals surface area (Å²) >= 11 is 0. The Labute approximate surface area is 186 Å². The summed E-state index contributed by atoms with van der Waals surface area (Å²) in [7, 11) is 0. The lowest BCUT2D eigenvalue weighted by Gasteiger charge is -2.32. The normalized spacial score (nSPS) is 22.8. The lowest BCUT2D eigenvalue weighted by Crippen LogP contribution is -2.39. The van der Waals surface area contributed by atoms with Crippen molar-refractivity contribution in [2.24, 2.45) is 22.6 Å². The van der Waals surface area contributed by atoms with Crippen molar-refractivity contribution in [1.29, 1.82) is 0 Å². The molecule has 2 aliphatic rings. The van der Waals surface area contributed by atoms with Crippen LogP contribution in [0.1, 0.15) is 64.9 Å². The zero-order valence-electron chi connectivity index (χ0n) is 19.3. The molecule has 1 unspecified atom stereocenters. The number of carbonyl (C=O) groups excluding carboxylic acids is 2. The minimum atomic E-state index is -0.707. The Balaban J connectivity index is 1.47. The highest BCUT2D eigenvalue weighted by molar-refractivity contribution is 6.00. The van der Waals surface area contributed by atoms with Crippen LogP contribution >= 0.6 is 0 Å². The molecule has 168 valence electrons. The fraction of sp³-hybridized carbons (Fsp3) is 0.577. The molecule has 5 heteroatoms. The van der Waals surface area contributed by atoms with Gasteiger partial charge < -0.3 is 10.6 Å². The van der Waals surface area contributed by atoms with Crippen molar-refractivity contribution in [3.05, 3.63) is 47.5 Å². The van der Waals surface area contributed by atoms with Crippen LogP contribution in [0, 0.1) is 11.8 Å². The van der Waals surface area contributed by atoms with Gasteiger partial charge in [-0.2, -0.15) is 0 Å². The standard InChI is InChI=1S/C26H37N3O2/c1-19(2)18-26(3)23(30)15-22(16-24(27)28-26)10-9-20-11-13-29(14-12-20)25(31)17-21-7-5-4-6-8-21/h4-8,16,19-20H,9-15,17-18H2,1-3H3,(H2,27,28). The van der Waals surface area contributed by atoms with Crippen molar-refractivity contribution < 1.29 is 9.59 Å². The number of nitrogens with two attached hydrogens (primary N) is 1. The molecule has 0 bridgehead atoms. The van der Waals surface area contributed by atoms with Gasteiger partial charge in [0.1, 0.15) is 11.4 Å². The van der Waals surface area contributed by atoms with Crippen LogP contribution in [0.3, 0.4) is 0 Å². The lowest BCUT2D eigenvalue weighted by molar-refractivity contribution is -0.132. The summed E-state index contributed by atoms with van der Waals surface area (Å²) in [5, 5.41) is 0. The molecule has 0 spiro atoms. The minimum absolute atomic E-state index is 0.175. The first-order chi connectivity index (χ1) is 14.7. The number of aliphatic imine (C=N–C) groups is 1. The van der Waals surface area contributed by atoms with Crippen LogP contribution in [0.5, 0.6) is 0 Å². The van der Waals surface area contributed by atoms with Crippen molar-refractivity contribution in [3.63, 3.8) is 0 Å².